The lowest BCUT2D eigenvalue weighted by Crippen LogP contribution is -2.51. The van der Waals surface area contributed by atoms with Gasteiger partial charge in [-0.15, -0.1) is 0 Å². The maximum absolute atomic E-state index is 12.7. The summed E-state index contributed by atoms with van der Waals surface area (Å²) in [6.45, 7) is 10.3. The maximum atomic E-state index is 12.7. The number of amides is 1. The van der Waals surface area contributed by atoms with Crippen molar-refractivity contribution in [2.45, 2.75) is 59.9 Å². The molecule has 4 heteroatoms. The highest BCUT2D eigenvalue weighted by atomic mass is 32.1. The molecule has 0 saturated heterocycles. The third-order valence-corrected chi connectivity index (χ3v) is 4.27. The quantitative estimate of drug-likeness (QED) is 0.725. The largest absolute Gasteiger partial charge is 0.392 e. The summed E-state index contributed by atoms with van der Waals surface area (Å²) >= 11 is 5.13. The van der Waals surface area contributed by atoms with Crippen LogP contribution in [0.1, 0.15) is 53.9 Å². The predicted molar refractivity (Wildman–Crippen MR) is 81.5 cm³/mol. The first-order chi connectivity index (χ1) is 8.22. The lowest BCUT2D eigenvalue weighted by molar-refractivity contribution is -0.139. The van der Waals surface area contributed by atoms with Crippen molar-refractivity contribution in [3.05, 3.63) is 0 Å². The minimum absolute atomic E-state index is 0.0631. The van der Waals surface area contributed by atoms with E-state index in [0.717, 1.165) is 6.42 Å². The lowest BCUT2D eigenvalue weighted by atomic mass is 9.80. The van der Waals surface area contributed by atoms with Gasteiger partial charge < -0.3 is 10.6 Å². The Bertz CT molecular complexity index is 298. The third-order valence-electron chi connectivity index (χ3n) is 3.88. The summed E-state index contributed by atoms with van der Waals surface area (Å²) < 4.78 is 0. The van der Waals surface area contributed by atoms with Gasteiger partial charge in [0.05, 0.1) is 10.4 Å². The van der Waals surface area contributed by atoms with Crippen molar-refractivity contribution in [3.8, 4) is 0 Å². The molecule has 18 heavy (non-hydrogen) atoms. The highest BCUT2D eigenvalue weighted by molar-refractivity contribution is 7.80. The summed E-state index contributed by atoms with van der Waals surface area (Å²) in [5, 5.41) is 0. The second-order valence-corrected chi connectivity index (χ2v) is 5.99. The highest BCUT2D eigenvalue weighted by Crippen LogP contribution is 2.30. The van der Waals surface area contributed by atoms with Crippen molar-refractivity contribution in [1.82, 2.24) is 4.90 Å². The molecule has 2 N–H and O–H groups in total. The molecule has 0 fully saturated rings. The molecular formula is C14H28N2OS. The number of rotatable bonds is 7. The second-order valence-electron chi connectivity index (χ2n) is 5.55. The van der Waals surface area contributed by atoms with E-state index in [1.165, 1.54) is 0 Å². The number of carbonyl (C=O) groups is 1. The summed E-state index contributed by atoms with van der Waals surface area (Å²) in [5.74, 6) is 0.630. The fourth-order valence-corrected chi connectivity index (χ4v) is 2.76. The van der Waals surface area contributed by atoms with Crippen molar-refractivity contribution < 1.29 is 4.79 Å². The van der Waals surface area contributed by atoms with Gasteiger partial charge in [0.15, 0.2) is 0 Å². The Morgan fingerprint density at radius 3 is 2.00 bits per heavy atom. The number of carbonyl (C=O) groups excluding carboxylic acids is 1. The predicted octanol–water partition coefficient (Wildman–Crippen LogP) is 2.97. The van der Waals surface area contributed by atoms with Crippen molar-refractivity contribution in [2.24, 2.45) is 17.1 Å². The molecule has 0 spiro atoms. The zero-order valence-corrected chi connectivity index (χ0v) is 13.4. The molecule has 0 heterocycles. The van der Waals surface area contributed by atoms with Crippen LogP contribution in [0.15, 0.2) is 0 Å². The minimum atomic E-state index is -0.671. The molecule has 0 radical (unpaired) electrons. The van der Waals surface area contributed by atoms with Crippen molar-refractivity contribution in [3.63, 3.8) is 0 Å². The van der Waals surface area contributed by atoms with Crippen molar-refractivity contribution in [2.75, 3.05) is 7.05 Å². The van der Waals surface area contributed by atoms with Crippen LogP contribution in [0.4, 0.5) is 0 Å². The number of nitrogens with two attached hydrogens (primary N) is 1. The Morgan fingerprint density at radius 1 is 1.28 bits per heavy atom. The number of nitrogens with zero attached hydrogens (tertiary/aromatic N) is 1. The molecule has 0 aromatic heterocycles. The molecule has 106 valence electrons. The van der Waals surface area contributed by atoms with E-state index in [9.17, 15) is 4.79 Å². The van der Waals surface area contributed by atoms with Crippen LogP contribution < -0.4 is 5.73 Å². The van der Waals surface area contributed by atoms with Gasteiger partial charge in [-0.2, -0.15) is 0 Å². The standard InChI is InChI=1S/C14H28N2OS/c1-7-14(8-2,12(15)18)13(17)16(6)11(5)9-10(3)4/h10-11H,7-9H2,1-6H3,(H2,15,18). The molecule has 0 rings (SSSR count). The van der Waals surface area contributed by atoms with E-state index in [4.69, 9.17) is 18.0 Å². The van der Waals surface area contributed by atoms with E-state index >= 15 is 0 Å². The summed E-state index contributed by atoms with van der Waals surface area (Å²) in [7, 11) is 1.85. The van der Waals surface area contributed by atoms with E-state index in [2.05, 4.69) is 20.8 Å². The Balaban J connectivity index is 5.04. The molecule has 0 bridgehead atoms. The fraction of sp³-hybridized carbons (Fsp3) is 0.857. The monoisotopic (exact) mass is 272 g/mol. The molecule has 1 atom stereocenters. The Hall–Kier alpha value is -0.640. The first-order valence-corrected chi connectivity index (χ1v) is 7.20. The van der Waals surface area contributed by atoms with Gasteiger partial charge in [0.1, 0.15) is 0 Å². The van der Waals surface area contributed by atoms with Gasteiger partial charge in [0.2, 0.25) is 5.91 Å². The average Bonchev–Trinajstić information content (AvgIpc) is 2.28. The average molecular weight is 272 g/mol. The number of thiocarbonyl (C=S) groups is 1. The van der Waals surface area contributed by atoms with Gasteiger partial charge in [0.25, 0.3) is 0 Å². The topological polar surface area (TPSA) is 46.3 Å². The molecule has 0 aromatic carbocycles. The van der Waals surface area contributed by atoms with Crippen molar-refractivity contribution >= 4 is 23.1 Å². The summed E-state index contributed by atoms with van der Waals surface area (Å²) in [5.41, 5.74) is 5.15. The zero-order chi connectivity index (χ0) is 14.5. The third kappa shape index (κ3) is 3.67. The van der Waals surface area contributed by atoms with Crippen LogP contribution in [0.25, 0.3) is 0 Å². The summed E-state index contributed by atoms with van der Waals surface area (Å²) in [4.78, 5) is 14.8. The molecule has 0 aliphatic heterocycles. The summed E-state index contributed by atoms with van der Waals surface area (Å²) in [6.07, 6.45) is 2.32. The van der Waals surface area contributed by atoms with Crippen LogP contribution in [-0.4, -0.2) is 28.9 Å². The second kappa shape index (κ2) is 7.07. The first-order valence-electron chi connectivity index (χ1n) is 6.80. The van der Waals surface area contributed by atoms with Crippen LogP contribution in [0, 0.1) is 11.3 Å². The van der Waals surface area contributed by atoms with Crippen LogP contribution in [0.2, 0.25) is 0 Å². The normalized spacial score (nSPS) is 13.5. The number of hydrogen-bond donors (Lipinski definition) is 1. The van der Waals surface area contributed by atoms with E-state index in [1.807, 2.05) is 25.8 Å². The van der Waals surface area contributed by atoms with Gasteiger partial charge in [-0.3, -0.25) is 4.79 Å². The first kappa shape index (κ1) is 17.4. The van der Waals surface area contributed by atoms with Gasteiger partial charge in [-0.1, -0.05) is 39.9 Å². The van der Waals surface area contributed by atoms with Crippen molar-refractivity contribution in [1.29, 1.82) is 0 Å². The van der Waals surface area contributed by atoms with Crippen LogP contribution in [0.3, 0.4) is 0 Å². The van der Waals surface area contributed by atoms with Gasteiger partial charge in [-0.05, 0) is 32.1 Å². The zero-order valence-electron chi connectivity index (χ0n) is 12.6. The van der Waals surface area contributed by atoms with Gasteiger partial charge in [-0.25, -0.2) is 0 Å². The lowest BCUT2D eigenvalue weighted by Gasteiger charge is -2.36. The molecule has 1 unspecified atom stereocenters. The van der Waals surface area contributed by atoms with E-state index in [1.54, 1.807) is 0 Å². The molecule has 0 aliphatic carbocycles. The Kier molecular flexibility index (Phi) is 6.82. The molecule has 3 nitrogen and oxygen atoms in total. The van der Waals surface area contributed by atoms with Crippen LogP contribution in [-0.2, 0) is 4.79 Å². The van der Waals surface area contributed by atoms with Gasteiger partial charge in [0, 0.05) is 13.1 Å². The smallest absolute Gasteiger partial charge is 0.235 e. The summed E-state index contributed by atoms with van der Waals surface area (Å²) in [6, 6.07) is 0.212. The Morgan fingerprint density at radius 2 is 1.72 bits per heavy atom. The molecule has 0 saturated carbocycles. The van der Waals surface area contributed by atoms with E-state index < -0.39 is 5.41 Å². The molecular weight excluding hydrogens is 244 g/mol. The van der Waals surface area contributed by atoms with Crippen LogP contribution >= 0.6 is 12.2 Å². The Labute approximate surface area is 117 Å². The van der Waals surface area contributed by atoms with E-state index in [0.29, 0.717) is 23.7 Å². The maximum Gasteiger partial charge on any atom is 0.235 e. The molecule has 0 aromatic rings. The van der Waals surface area contributed by atoms with Gasteiger partial charge >= 0.3 is 0 Å². The molecule has 0 aliphatic rings. The SMILES string of the molecule is CCC(CC)(C(=O)N(C)C(C)CC(C)C)C(N)=S. The highest BCUT2D eigenvalue weighted by Gasteiger charge is 2.40. The minimum Gasteiger partial charge on any atom is -0.392 e. The number of hydrogen-bond acceptors (Lipinski definition) is 2. The van der Waals surface area contributed by atoms with Crippen LogP contribution in [0.5, 0.6) is 0 Å². The fourth-order valence-electron chi connectivity index (χ4n) is 2.38. The van der Waals surface area contributed by atoms with E-state index in [-0.39, 0.29) is 11.9 Å². The molecule has 1 amide bonds.